The van der Waals surface area contributed by atoms with E-state index < -0.39 is 12.2 Å². The molecule has 188 valence electrons. The molecule has 4 rings (SSSR count). The van der Waals surface area contributed by atoms with Crippen molar-refractivity contribution in [3.05, 3.63) is 77.5 Å². The number of hydrogen-bond acceptors (Lipinski definition) is 7. The molecule has 1 saturated heterocycles. The summed E-state index contributed by atoms with van der Waals surface area (Å²) in [6, 6.07) is 15.6. The second kappa shape index (κ2) is 12.6. The van der Waals surface area contributed by atoms with Gasteiger partial charge in [-0.25, -0.2) is 14.7 Å². The average molecular weight is 602 g/mol. The Morgan fingerprint density at radius 3 is 2.69 bits per heavy atom. The number of imide groups is 1. The minimum absolute atomic E-state index is 0.223. The first-order valence-corrected chi connectivity index (χ1v) is 13.2. The lowest BCUT2D eigenvalue weighted by Crippen LogP contribution is -2.33. The Bertz CT molecular complexity index is 1210. The van der Waals surface area contributed by atoms with Crippen molar-refractivity contribution >= 4 is 46.7 Å². The van der Waals surface area contributed by atoms with Gasteiger partial charge in [-0.3, -0.25) is 4.79 Å². The van der Waals surface area contributed by atoms with Crippen LogP contribution in [-0.2, 0) is 22.6 Å². The summed E-state index contributed by atoms with van der Waals surface area (Å²) in [5, 5.41) is 0. The average Bonchev–Trinajstić information content (AvgIpc) is 3.46. The number of carbonyl (C=O) groups excluding carboxylic acids is 2. The highest BCUT2D eigenvalue weighted by Gasteiger charge is 2.39. The minimum Gasteiger partial charge on any atom is -0.490 e. The number of cyclic esters (lactones) is 1. The van der Waals surface area contributed by atoms with E-state index in [4.69, 9.17) is 18.6 Å². The number of aromatic nitrogens is 1. The van der Waals surface area contributed by atoms with E-state index in [2.05, 4.69) is 27.6 Å². The van der Waals surface area contributed by atoms with Crippen LogP contribution in [0.15, 0.2) is 59.2 Å². The van der Waals surface area contributed by atoms with Crippen LogP contribution in [0.1, 0.15) is 36.1 Å². The molecule has 0 aliphatic carbocycles. The maximum Gasteiger partial charge on any atom is 0.417 e. The van der Waals surface area contributed by atoms with E-state index in [-0.39, 0.29) is 12.5 Å². The Morgan fingerprint density at radius 2 is 1.92 bits per heavy atom. The van der Waals surface area contributed by atoms with Gasteiger partial charge in [0, 0.05) is 17.0 Å². The van der Waals surface area contributed by atoms with Gasteiger partial charge in [-0.05, 0) is 49.1 Å². The van der Waals surface area contributed by atoms with E-state index in [1.807, 2.05) is 67.6 Å². The van der Waals surface area contributed by atoms with Crippen molar-refractivity contribution in [1.29, 1.82) is 0 Å². The van der Waals surface area contributed by atoms with Gasteiger partial charge in [-0.15, -0.1) is 0 Å². The Morgan fingerprint density at radius 1 is 1.08 bits per heavy atom. The molecular formula is C27H27IN2O6. The summed E-state index contributed by atoms with van der Waals surface area (Å²) in [4.78, 5) is 29.9. The van der Waals surface area contributed by atoms with Crippen LogP contribution in [0.3, 0.4) is 0 Å². The number of ether oxygens (including phenoxy) is 3. The number of alkyl halides is 1. The topological polar surface area (TPSA) is 91.1 Å². The Balaban J connectivity index is 1.34. The van der Waals surface area contributed by atoms with Crippen LogP contribution in [0, 0.1) is 0 Å². The third-order valence-electron chi connectivity index (χ3n) is 5.48. The number of benzene rings is 2. The van der Waals surface area contributed by atoms with Gasteiger partial charge in [0.15, 0.2) is 17.6 Å². The highest BCUT2D eigenvalue weighted by molar-refractivity contribution is 14.1. The smallest absolute Gasteiger partial charge is 0.417 e. The van der Waals surface area contributed by atoms with E-state index >= 15 is 0 Å². The summed E-state index contributed by atoms with van der Waals surface area (Å²) in [5.41, 5.74) is 2.67. The highest BCUT2D eigenvalue weighted by atomic mass is 127. The fraction of sp³-hybridized carbons (Fsp3) is 0.296. The van der Waals surface area contributed by atoms with Crippen molar-refractivity contribution in [2.75, 3.05) is 17.6 Å². The molecule has 0 radical (unpaired) electrons. The van der Waals surface area contributed by atoms with Crippen molar-refractivity contribution in [3.8, 4) is 11.5 Å². The van der Waals surface area contributed by atoms with Crippen molar-refractivity contribution in [3.63, 3.8) is 0 Å². The molecule has 36 heavy (non-hydrogen) atoms. The Hall–Kier alpha value is -3.34. The predicted octanol–water partition coefficient (Wildman–Crippen LogP) is 5.54. The van der Waals surface area contributed by atoms with Crippen LogP contribution in [-0.4, -0.2) is 45.6 Å². The fourth-order valence-corrected chi connectivity index (χ4v) is 4.19. The molecule has 2 aromatic carbocycles. The number of rotatable bonds is 12. The molecule has 2 amide bonds. The Kier molecular flexibility index (Phi) is 8.99. The van der Waals surface area contributed by atoms with Gasteiger partial charge in [0.1, 0.15) is 18.6 Å². The summed E-state index contributed by atoms with van der Waals surface area (Å²) < 4.78 is 23.2. The number of carbonyl (C=O) groups is 2. The van der Waals surface area contributed by atoms with E-state index in [0.29, 0.717) is 53.5 Å². The third kappa shape index (κ3) is 6.66. The van der Waals surface area contributed by atoms with Crippen LogP contribution < -0.4 is 9.47 Å². The molecule has 9 heteroatoms. The van der Waals surface area contributed by atoms with Crippen LogP contribution >= 0.6 is 22.6 Å². The molecule has 3 aromatic rings. The maximum atomic E-state index is 12.4. The number of hydrogen-bond donors (Lipinski definition) is 0. The monoisotopic (exact) mass is 602 g/mol. The second-order valence-electron chi connectivity index (χ2n) is 8.01. The fourth-order valence-electron chi connectivity index (χ4n) is 3.71. The van der Waals surface area contributed by atoms with E-state index in [9.17, 15) is 9.59 Å². The summed E-state index contributed by atoms with van der Waals surface area (Å²) in [5.74, 6) is 1.41. The zero-order valence-corrected chi connectivity index (χ0v) is 22.1. The SMILES string of the molecule is CCOc1cc(CCC2OC(=O)N(CCI)C2=O)ccc1OCc1coc(C=Cc2ccccc2)n1. The lowest BCUT2D eigenvalue weighted by atomic mass is 10.1. The van der Waals surface area contributed by atoms with E-state index in [1.165, 1.54) is 4.90 Å². The molecule has 1 unspecified atom stereocenters. The van der Waals surface area contributed by atoms with Crippen LogP contribution in [0.2, 0.25) is 0 Å². The molecule has 0 bridgehead atoms. The van der Waals surface area contributed by atoms with E-state index in [0.717, 1.165) is 11.1 Å². The lowest BCUT2D eigenvalue weighted by Gasteiger charge is -2.13. The molecule has 2 heterocycles. The van der Waals surface area contributed by atoms with Crippen LogP contribution in [0.5, 0.6) is 11.5 Å². The molecule has 0 saturated carbocycles. The van der Waals surface area contributed by atoms with Crippen molar-refractivity contribution in [2.45, 2.75) is 32.5 Å². The van der Waals surface area contributed by atoms with Gasteiger partial charge in [-0.2, -0.15) is 0 Å². The molecule has 0 spiro atoms. The molecule has 1 aliphatic rings. The molecule has 0 N–H and O–H groups in total. The number of amides is 2. The standard InChI is InChI=1S/C27H27IN2O6/c1-2-33-24-16-20(9-12-23-26(31)30(15-14-28)27(32)36-23)8-11-22(24)34-17-21-18-35-25(29-21)13-10-19-6-4-3-5-7-19/h3-8,10-11,13,16,18,23H,2,9,12,14-15,17H2,1H3. The summed E-state index contributed by atoms with van der Waals surface area (Å²) >= 11 is 2.13. The molecule has 8 nitrogen and oxygen atoms in total. The summed E-state index contributed by atoms with van der Waals surface area (Å²) in [6.07, 6.45) is 4.97. The normalized spacial score (nSPS) is 15.5. The van der Waals surface area contributed by atoms with Crippen molar-refractivity contribution in [2.24, 2.45) is 0 Å². The van der Waals surface area contributed by atoms with Gasteiger partial charge in [0.2, 0.25) is 5.89 Å². The van der Waals surface area contributed by atoms with Gasteiger partial charge < -0.3 is 18.6 Å². The van der Waals surface area contributed by atoms with Crippen LogP contribution in [0.25, 0.3) is 12.2 Å². The summed E-state index contributed by atoms with van der Waals surface area (Å²) in [7, 11) is 0. The van der Waals surface area contributed by atoms with Crippen molar-refractivity contribution in [1.82, 2.24) is 9.88 Å². The largest absolute Gasteiger partial charge is 0.490 e. The molecular weight excluding hydrogens is 575 g/mol. The van der Waals surface area contributed by atoms with Gasteiger partial charge >= 0.3 is 6.09 Å². The van der Waals surface area contributed by atoms with Gasteiger partial charge in [0.05, 0.1) is 6.61 Å². The number of oxazole rings is 1. The summed E-state index contributed by atoms with van der Waals surface area (Å²) in [6.45, 7) is 2.97. The van der Waals surface area contributed by atoms with E-state index in [1.54, 1.807) is 6.26 Å². The quantitative estimate of drug-likeness (QED) is 0.199. The predicted molar refractivity (Wildman–Crippen MR) is 143 cm³/mol. The Labute approximate surface area is 223 Å². The zero-order valence-electron chi connectivity index (χ0n) is 19.9. The van der Waals surface area contributed by atoms with Gasteiger partial charge in [0.25, 0.3) is 5.91 Å². The number of nitrogens with zero attached hydrogens (tertiary/aromatic N) is 2. The highest BCUT2D eigenvalue weighted by Crippen LogP contribution is 2.30. The molecule has 1 aliphatic heterocycles. The molecule has 1 aromatic heterocycles. The van der Waals surface area contributed by atoms with Crippen LogP contribution in [0.4, 0.5) is 4.79 Å². The minimum atomic E-state index is -0.746. The maximum absolute atomic E-state index is 12.4. The molecule has 1 atom stereocenters. The van der Waals surface area contributed by atoms with Crippen molar-refractivity contribution < 1.29 is 28.2 Å². The lowest BCUT2D eigenvalue weighted by molar-refractivity contribution is -0.129. The first-order chi connectivity index (χ1) is 17.6. The third-order valence-corrected chi connectivity index (χ3v) is 5.96. The number of aryl methyl sites for hydroxylation is 1. The van der Waals surface area contributed by atoms with Gasteiger partial charge in [-0.1, -0.05) is 59.0 Å². The molecule has 1 fully saturated rings. The number of halogens is 1. The first-order valence-electron chi connectivity index (χ1n) is 11.7. The second-order valence-corrected chi connectivity index (χ2v) is 9.09. The zero-order chi connectivity index (χ0) is 25.3. The first kappa shape index (κ1) is 25.7.